The van der Waals surface area contributed by atoms with E-state index in [9.17, 15) is 0 Å². The SMILES string of the molecule is [C-]#[N+]c1ccc2c(c1)c1cc(C)c(C)c3c1n2c1c[c]([Ge]([CH3])([CH3])[CH3])cc2cc[n+](C)c3c21. The predicted molar refractivity (Wildman–Crippen MR) is 138 cm³/mol. The van der Waals surface area contributed by atoms with Crippen LogP contribution in [0.3, 0.4) is 0 Å². The minimum absolute atomic E-state index is 0.697. The molecule has 6 rings (SSSR count). The van der Waals surface area contributed by atoms with E-state index < -0.39 is 13.3 Å². The number of hydrogen-bond acceptors (Lipinski definition) is 0. The first kappa shape index (κ1) is 19.6. The molecule has 0 amide bonds. The van der Waals surface area contributed by atoms with Gasteiger partial charge >= 0.3 is 191 Å². The van der Waals surface area contributed by atoms with Gasteiger partial charge in [-0.25, -0.2) is 0 Å². The predicted octanol–water partition coefficient (Wildman–Crippen LogP) is 6.53. The van der Waals surface area contributed by atoms with Gasteiger partial charge in [-0.3, -0.25) is 0 Å². The zero-order chi connectivity index (χ0) is 22.5. The monoisotopic (exact) mass is 478 g/mol. The van der Waals surface area contributed by atoms with Crippen LogP contribution in [0.4, 0.5) is 5.69 Å². The minimum atomic E-state index is -2.07. The Balaban J connectivity index is 2.06. The molecule has 0 unspecified atom stereocenters. The molecule has 0 fully saturated rings. The van der Waals surface area contributed by atoms with Crippen molar-refractivity contribution in [2.24, 2.45) is 7.05 Å². The van der Waals surface area contributed by atoms with Crippen LogP contribution in [0.5, 0.6) is 0 Å². The molecule has 0 aliphatic heterocycles. The summed E-state index contributed by atoms with van der Waals surface area (Å²) in [7, 11) is 2.16. The molecule has 3 nitrogen and oxygen atoms in total. The summed E-state index contributed by atoms with van der Waals surface area (Å²) in [4.78, 5) is 3.72. The zero-order valence-corrected chi connectivity index (χ0v) is 21.6. The Labute approximate surface area is 190 Å². The molecule has 32 heavy (non-hydrogen) atoms. The molecule has 156 valence electrons. The fourth-order valence-corrected chi connectivity index (χ4v) is 7.83. The van der Waals surface area contributed by atoms with Crippen molar-refractivity contribution in [1.29, 1.82) is 0 Å². The molecule has 0 atom stereocenters. The van der Waals surface area contributed by atoms with Crippen LogP contribution in [0, 0.1) is 20.4 Å². The number of nitrogens with zero attached hydrogens (tertiary/aromatic N) is 3. The van der Waals surface area contributed by atoms with E-state index in [1.807, 2.05) is 6.07 Å². The Morgan fingerprint density at radius 1 is 0.906 bits per heavy atom. The maximum absolute atomic E-state index is 7.55. The van der Waals surface area contributed by atoms with Crippen molar-refractivity contribution in [2.75, 3.05) is 0 Å². The standard InChI is InChI=1S/C28H26GeN3/c1-16-12-22-21-15-20(30-6)8-9-23(21)32-24-14-19(29(3,4)5)13-18-10-11-31(7)28(26(18)24)25(17(16)2)27(22)32/h8-15H,1-5,7H3/q+1. The fourth-order valence-electron chi connectivity index (χ4n) is 5.40. The van der Waals surface area contributed by atoms with Crippen molar-refractivity contribution in [2.45, 2.75) is 31.1 Å². The van der Waals surface area contributed by atoms with Crippen LogP contribution < -0.4 is 8.96 Å². The molecule has 0 N–H and O–H groups in total. The third kappa shape index (κ3) is 2.39. The van der Waals surface area contributed by atoms with Gasteiger partial charge in [-0.05, 0) is 0 Å². The summed E-state index contributed by atoms with van der Waals surface area (Å²) in [6.45, 7) is 12.0. The summed E-state index contributed by atoms with van der Waals surface area (Å²) in [6.07, 6.45) is 2.21. The molecule has 6 aromatic rings. The average Bonchev–Trinajstić information content (AvgIpc) is 3.08. The van der Waals surface area contributed by atoms with Crippen LogP contribution in [0.1, 0.15) is 11.1 Å². The van der Waals surface area contributed by atoms with Gasteiger partial charge in [0.15, 0.2) is 0 Å². The van der Waals surface area contributed by atoms with Crippen LogP contribution in [0.2, 0.25) is 17.3 Å². The molecule has 3 aromatic carbocycles. The van der Waals surface area contributed by atoms with Crippen molar-refractivity contribution in [3.63, 3.8) is 0 Å². The van der Waals surface area contributed by atoms with Gasteiger partial charge in [-0.2, -0.15) is 0 Å². The Bertz CT molecular complexity index is 1790. The first-order valence-electron chi connectivity index (χ1n) is 11.1. The third-order valence-corrected chi connectivity index (χ3v) is 11.5. The van der Waals surface area contributed by atoms with E-state index in [1.165, 1.54) is 64.5 Å². The molecule has 3 heterocycles. The van der Waals surface area contributed by atoms with Gasteiger partial charge in [0.2, 0.25) is 0 Å². The van der Waals surface area contributed by atoms with E-state index in [0.29, 0.717) is 5.69 Å². The summed E-state index contributed by atoms with van der Waals surface area (Å²) < 4.78 is 6.29. The average molecular weight is 477 g/mol. The second-order valence-corrected chi connectivity index (χ2v) is 20.9. The number of aryl methyl sites for hydroxylation is 3. The van der Waals surface area contributed by atoms with E-state index in [0.717, 1.165) is 0 Å². The molecule has 0 aliphatic rings. The fraction of sp³-hybridized carbons (Fsp3) is 0.214. The summed E-state index contributed by atoms with van der Waals surface area (Å²) in [5.41, 5.74) is 8.38. The molecule has 0 spiro atoms. The maximum atomic E-state index is 7.55. The second-order valence-electron chi connectivity index (χ2n) is 10.2. The molecular formula is C28H26GeN3+. The van der Waals surface area contributed by atoms with Crippen molar-refractivity contribution < 1.29 is 4.57 Å². The molecule has 3 aromatic heterocycles. The Morgan fingerprint density at radius 2 is 1.69 bits per heavy atom. The molecule has 0 radical (unpaired) electrons. The Morgan fingerprint density at radius 3 is 2.41 bits per heavy atom. The number of pyridine rings is 2. The number of aromatic nitrogens is 2. The van der Waals surface area contributed by atoms with Gasteiger partial charge in [0.25, 0.3) is 0 Å². The quantitative estimate of drug-likeness (QED) is 0.0841. The molecule has 4 heteroatoms. The van der Waals surface area contributed by atoms with E-state index in [4.69, 9.17) is 6.57 Å². The summed E-state index contributed by atoms with van der Waals surface area (Å²) >= 11 is -2.07. The zero-order valence-electron chi connectivity index (χ0n) is 19.5. The second kappa shape index (κ2) is 6.24. The normalized spacial score (nSPS) is 12.7. The number of rotatable bonds is 1. The Hall–Kier alpha value is -3.10. The third-order valence-electron chi connectivity index (χ3n) is 7.24. The number of fused-ring (bicyclic) bond motifs is 5. The first-order valence-corrected chi connectivity index (χ1v) is 18.5. The summed E-state index contributed by atoms with van der Waals surface area (Å²) in [5, 5.41) is 6.40. The number of hydrogen-bond donors (Lipinski definition) is 0. The number of benzene rings is 3. The van der Waals surface area contributed by atoms with Gasteiger partial charge in [0.1, 0.15) is 0 Å². The molecule has 0 bridgehead atoms. The van der Waals surface area contributed by atoms with Crippen molar-refractivity contribution in [1.82, 2.24) is 4.40 Å². The summed E-state index contributed by atoms with van der Waals surface area (Å²) in [6, 6.07) is 15.7. The van der Waals surface area contributed by atoms with Crippen LogP contribution in [0.25, 0.3) is 53.8 Å². The van der Waals surface area contributed by atoms with Crippen LogP contribution in [-0.2, 0) is 7.05 Å². The van der Waals surface area contributed by atoms with Gasteiger partial charge in [-0.1, -0.05) is 0 Å². The van der Waals surface area contributed by atoms with E-state index in [-0.39, 0.29) is 0 Å². The van der Waals surface area contributed by atoms with Crippen molar-refractivity contribution in [3.8, 4) is 0 Å². The van der Waals surface area contributed by atoms with Crippen LogP contribution >= 0.6 is 0 Å². The van der Waals surface area contributed by atoms with Gasteiger partial charge < -0.3 is 0 Å². The van der Waals surface area contributed by atoms with Gasteiger partial charge in [0, 0.05) is 0 Å². The summed E-state index contributed by atoms with van der Waals surface area (Å²) in [5.74, 6) is 7.40. The molecule has 0 aliphatic carbocycles. The van der Waals surface area contributed by atoms with Gasteiger partial charge in [-0.15, -0.1) is 0 Å². The van der Waals surface area contributed by atoms with Crippen molar-refractivity contribution in [3.05, 3.63) is 71.2 Å². The van der Waals surface area contributed by atoms with E-state index in [2.05, 4.69) is 94.6 Å². The van der Waals surface area contributed by atoms with E-state index in [1.54, 1.807) is 0 Å². The van der Waals surface area contributed by atoms with Crippen LogP contribution in [-0.4, -0.2) is 17.7 Å². The van der Waals surface area contributed by atoms with Gasteiger partial charge in [0.05, 0.1) is 0 Å². The first-order chi connectivity index (χ1) is 15.2. The Kier molecular flexibility index (Phi) is 3.82. The van der Waals surface area contributed by atoms with E-state index >= 15 is 0 Å². The molecular weight excluding hydrogens is 451 g/mol. The van der Waals surface area contributed by atoms with Crippen LogP contribution in [0.15, 0.2) is 48.7 Å². The topological polar surface area (TPSA) is 12.6 Å². The molecule has 0 saturated heterocycles. The molecule has 0 saturated carbocycles. The van der Waals surface area contributed by atoms with Crippen molar-refractivity contribution >= 4 is 72.3 Å².